The van der Waals surface area contributed by atoms with Gasteiger partial charge in [0.2, 0.25) is 0 Å². The lowest BCUT2D eigenvalue weighted by Gasteiger charge is -2.28. The second-order valence-electron chi connectivity index (χ2n) is 7.24. The van der Waals surface area contributed by atoms with E-state index in [-0.39, 0.29) is 6.10 Å². The van der Waals surface area contributed by atoms with E-state index in [9.17, 15) is 0 Å². The standard InChI is InChI=1S/C22H29N3O2S/c1-24(2)19-11-9-17(10-12-19)15-25(16-21-8-5-13-27-21)22(28)23-18-6-4-7-20(14-18)26-3/h4,6-7,9-12,14,21H,5,8,13,15-16H2,1-3H3,(H,23,28)/t21-/m1/s1. The summed E-state index contributed by atoms with van der Waals surface area (Å²) in [5.41, 5.74) is 3.33. The van der Waals surface area contributed by atoms with E-state index < -0.39 is 0 Å². The Morgan fingerprint density at radius 3 is 2.64 bits per heavy atom. The van der Waals surface area contributed by atoms with E-state index in [0.29, 0.717) is 5.11 Å². The Labute approximate surface area is 173 Å². The normalized spacial score (nSPS) is 15.9. The van der Waals surface area contributed by atoms with Crippen LogP contribution in [0.3, 0.4) is 0 Å². The maximum absolute atomic E-state index is 5.85. The predicted octanol–water partition coefficient (Wildman–Crippen LogP) is 4.14. The molecule has 28 heavy (non-hydrogen) atoms. The molecule has 1 saturated heterocycles. The number of nitrogens with zero attached hydrogens (tertiary/aromatic N) is 2. The summed E-state index contributed by atoms with van der Waals surface area (Å²) >= 11 is 5.75. The third kappa shape index (κ3) is 5.59. The molecule has 5 nitrogen and oxygen atoms in total. The summed E-state index contributed by atoms with van der Waals surface area (Å²) < 4.78 is 11.2. The molecule has 2 aromatic rings. The molecule has 0 amide bonds. The van der Waals surface area contributed by atoms with Crippen LogP contribution in [0.4, 0.5) is 11.4 Å². The van der Waals surface area contributed by atoms with Crippen molar-refractivity contribution in [1.82, 2.24) is 4.90 Å². The Hall–Kier alpha value is -2.31. The molecule has 2 aromatic carbocycles. The summed E-state index contributed by atoms with van der Waals surface area (Å²) in [5.74, 6) is 0.803. The zero-order valence-electron chi connectivity index (χ0n) is 16.9. The van der Waals surface area contributed by atoms with E-state index in [1.807, 2.05) is 38.4 Å². The minimum absolute atomic E-state index is 0.228. The minimum Gasteiger partial charge on any atom is -0.497 e. The third-order valence-corrected chi connectivity index (χ3v) is 5.24. The van der Waals surface area contributed by atoms with E-state index in [1.165, 1.54) is 11.3 Å². The van der Waals surface area contributed by atoms with Gasteiger partial charge in [-0.25, -0.2) is 0 Å². The first-order chi connectivity index (χ1) is 13.5. The summed E-state index contributed by atoms with van der Waals surface area (Å²) in [6.07, 6.45) is 2.43. The van der Waals surface area contributed by atoms with Crippen molar-refractivity contribution in [3.8, 4) is 5.75 Å². The summed E-state index contributed by atoms with van der Waals surface area (Å²) in [7, 11) is 5.76. The highest BCUT2D eigenvalue weighted by Crippen LogP contribution is 2.20. The van der Waals surface area contributed by atoms with E-state index >= 15 is 0 Å². The molecular formula is C22H29N3O2S. The zero-order valence-corrected chi connectivity index (χ0v) is 17.7. The van der Waals surface area contributed by atoms with Gasteiger partial charge < -0.3 is 24.6 Å². The first kappa shape index (κ1) is 20.4. The Balaban J connectivity index is 1.72. The van der Waals surface area contributed by atoms with Crippen LogP contribution in [0.2, 0.25) is 0 Å². The summed E-state index contributed by atoms with van der Waals surface area (Å²) in [6, 6.07) is 16.4. The van der Waals surface area contributed by atoms with Crippen molar-refractivity contribution in [1.29, 1.82) is 0 Å². The maximum atomic E-state index is 5.85. The van der Waals surface area contributed by atoms with Gasteiger partial charge in [0.05, 0.1) is 13.2 Å². The highest BCUT2D eigenvalue weighted by molar-refractivity contribution is 7.80. The van der Waals surface area contributed by atoms with Crippen LogP contribution in [0.25, 0.3) is 0 Å². The molecule has 1 N–H and O–H groups in total. The topological polar surface area (TPSA) is 37.0 Å². The number of hydrogen-bond donors (Lipinski definition) is 1. The Morgan fingerprint density at radius 1 is 1.21 bits per heavy atom. The van der Waals surface area contributed by atoms with Gasteiger partial charge in [-0.2, -0.15) is 0 Å². The number of hydrogen-bond acceptors (Lipinski definition) is 4. The molecule has 1 heterocycles. The first-order valence-electron chi connectivity index (χ1n) is 9.63. The van der Waals surface area contributed by atoms with Crippen molar-refractivity contribution in [2.75, 3.05) is 44.6 Å². The average molecular weight is 400 g/mol. The number of methoxy groups -OCH3 is 1. The number of thiocarbonyl (C=S) groups is 1. The van der Waals surface area contributed by atoms with Gasteiger partial charge in [0, 0.05) is 51.2 Å². The summed E-state index contributed by atoms with van der Waals surface area (Å²) in [5, 5.41) is 4.05. The van der Waals surface area contributed by atoms with Gasteiger partial charge in [-0.3, -0.25) is 0 Å². The van der Waals surface area contributed by atoms with Crippen LogP contribution in [0.5, 0.6) is 5.75 Å². The average Bonchev–Trinajstić information content (AvgIpc) is 3.21. The van der Waals surface area contributed by atoms with Crippen LogP contribution in [0.15, 0.2) is 48.5 Å². The lowest BCUT2D eigenvalue weighted by atomic mass is 10.1. The molecule has 3 rings (SSSR count). The molecule has 1 fully saturated rings. The van der Waals surface area contributed by atoms with E-state index in [4.69, 9.17) is 21.7 Å². The van der Waals surface area contributed by atoms with Gasteiger partial charge in [0.15, 0.2) is 5.11 Å². The number of anilines is 2. The van der Waals surface area contributed by atoms with E-state index in [1.54, 1.807) is 7.11 Å². The van der Waals surface area contributed by atoms with Crippen molar-refractivity contribution < 1.29 is 9.47 Å². The molecule has 0 aromatic heterocycles. The molecule has 1 aliphatic heterocycles. The largest absolute Gasteiger partial charge is 0.497 e. The summed E-state index contributed by atoms with van der Waals surface area (Å²) in [4.78, 5) is 4.29. The third-order valence-electron chi connectivity index (χ3n) is 4.88. The van der Waals surface area contributed by atoms with Gasteiger partial charge in [-0.1, -0.05) is 18.2 Å². The predicted molar refractivity (Wildman–Crippen MR) is 119 cm³/mol. The molecule has 1 aliphatic rings. The van der Waals surface area contributed by atoms with Crippen molar-refractivity contribution >= 4 is 28.7 Å². The Bertz CT molecular complexity index is 774. The van der Waals surface area contributed by atoms with Crippen molar-refractivity contribution in [3.63, 3.8) is 0 Å². The fourth-order valence-electron chi connectivity index (χ4n) is 3.28. The van der Waals surface area contributed by atoms with Gasteiger partial charge in [-0.05, 0) is 54.9 Å². The number of benzene rings is 2. The molecule has 0 radical (unpaired) electrons. The Kier molecular flexibility index (Phi) is 7.12. The molecular weight excluding hydrogens is 370 g/mol. The lowest BCUT2D eigenvalue weighted by Crippen LogP contribution is -2.39. The maximum Gasteiger partial charge on any atom is 0.173 e. The smallest absolute Gasteiger partial charge is 0.173 e. The highest BCUT2D eigenvalue weighted by atomic mass is 32.1. The van der Waals surface area contributed by atoms with Crippen LogP contribution in [-0.4, -0.2) is 50.5 Å². The molecule has 0 spiro atoms. The SMILES string of the molecule is COc1cccc(NC(=S)N(Cc2ccc(N(C)C)cc2)C[C@H]2CCCO2)c1. The zero-order chi connectivity index (χ0) is 19.9. The molecule has 1 atom stereocenters. The quantitative estimate of drug-likeness (QED) is 0.706. The van der Waals surface area contributed by atoms with Crippen LogP contribution in [0, 0.1) is 0 Å². The number of ether oxygens (including phenoxy) is 2. The Morgan fingerprint density at radius 2 is 2.00 bits per heavy atom. The molecule has 0 aliphatic carbocycles. The van der Waals surface area contributed by atoms with Crippen molar-refractivity contribution in [2.24, 2.45) is 0 Å². The second kappa shape index (κ2) is 9.75. The monoisotopic (exact) mass is 399 g/mol. The molecule has 6 heteroatoms. The molecule has 0 bridgehead atoms. The lowest BCUT2D eigenvalue weighted by molar-refractivity contribution is 0.0905. The molecule has 0 unspecified atom stereocenters. The molecule has 150 valence electrons. The first-order valence-corrected chi connectivity index (χ1v) is 10.0. The van der Waals surface area contributed by atoms with Crippen LogP contribution in [-0.2, 0) is 11.3 Å². The van der Waals surface area contributed by atoms with Crippen LogP contribution in [0.1, 0.15) is 18.4 Å². The van der Waals surface area contributed by atoms with Gasteiger partial charge in [0.25, 0.3) is 0 Å². The van der Waals surface area contributed by atoms with Gasteiger partial charge >= 0.3 is 0 Å². The fraction of sp³-hybridized carbons (Fsp3) is 0.409. The van der Waals surface area contributed by atoms with Gasteiger partial charge in [0.1, 0.15) is 5.75 Å². The van der Waals surface area contributed by atoms with E-state index in [0.717, 1.165) is 44.0 Å². The van der Waals surface area contributed by atoms with Crippen LogP contribution >= 0.6 is 12.2 Å². The number of rotatable bonds is 7. The van der Waals surface area contributed by atoms with E-state index in [2.05, 4.69) is 39.4 Å². The fourth-order valence-corrected chi connectivity index (χ4v) is 3.53. The second-order valence-corrected chi connectivity index (χ2v) is 7.63. The van der Waals surface area contributed by atoms with Crippen LogP contribution < -0.4 is 15.0 Å². The summed E-state index contributed by atoms with van der Waals surface area (Å²) in [6.45, 7) is 2.36. The van der Waals surface area contributed by atoms with Crippen molar-refractivity contribution in [3.05, 3.63) is 54.1 Å². The number of nitrogens with one attached hydrogen (secondary N) is 1. The highest BCUT2D eigenvalue weighted by Gasteiger charge is 2.21. The van der Waals surface area contributed by atoms with Crippen molar-refractivity contribution in [2.45, 2.75) is 25.5 Å². The van der Waals surface area contributed by atoms with Gasteiger partial charge in [-0.15, -0.1) is 0 Å². The minimum atomic E-state index is 0.228. The molecule has 0 saturated carbocycles.